The third-order valence-electron chi connectivity index (χ3n) is 4.51. The number of hydrogen-bond acceptors (Lipinski definition) is 3. The van der Waals surface area contributed by atoms with Gasteiger partial charge in [-0.05, 0) is 43.9 Å². The van der Waals surface area contributed by atoms with Crippen molar-refractivity contribution >= 4 is 5.97 Å². The summed E-state index contributed by atoms with van der Waals surface area (Å²) in [6, 6.07) is 0. The third-order valence-corrected chi connectivity index (χ3v) is 4.51. The van der Waals surface area contributed by atoms with Gasteiger partial charge in [-0.2, -0.15) is 0 Å². The first kappa shape index (κ1) is 12.4. The van der Waals surface area contributed by atoms with Crippen molar-refractivity contribution in [2.75, 3.05) is 32.8 Å². The average Bonchev–Trinajstić information content (AvgIpc) is 3.23. The Labute approximate surface area is 108 Å². The van der Waals surface area contributed by atoms with Gasteiger partial charge < -0.3 is 14.7 Å². The van der Waals surface area contributed by atoms with Crippen LogP contribution in [0.15, 0.2) is 0 Å². The molecule has 18 heavy (non-hydrogen) atoms. The van der Waals surface area contributed by atoms with Crippen LogP contribution >= 0.6 is 0 Å². The van der Waals surface area contributed by atoms with Crippen LogP contribution in [0.1, 0.15) is 32.1 Å². The molecule has 3 rings (SSSR count). The van der Waals surface area contributed by atoms with Crippen molar-refractivity contribution in [3.05, 3.63) is 0 Å². The highest BCUT2D eigenvalue weighted by molar-refractivity contribution is 5.75. The van der Waals surface area contributed by atoms with Crippen molar-refractivity contribution in [3.8, 4) is 0 Å². The molecule has 0 aromatic rings. The topological polar surface area (TPSA) is 49.8 Å². The van der Waals surface area contributed by atoms with Gasteiger partial charge in [0.25, 0.3) is 0 Å². The maximum atomic E-state index is 11.6. The van der Waals surface area contributed by atoms with Crippen LogP contribution in [-0.2, 0) is 9.53 Å². The molecule has 0 spiro atoms. The molecule has 1 heterocycles. The monoisotopic (exact) mass is 253 g/mol. The van der Waals surface area contributed by atoms with Gasteiger partial charge in [0.05, 0.1) is 6.61 Å². The van der Waals surface area contributed by atoms with E-state index in [1.165, 1.54) is 25.7 Å². The summed E-state index contributed by atoms with van der Waals surface area (Å²) in [5.41, 5.74) is -0.635. The third kappa shape index (κ3) is 2.86. The van der Waals surface area contributed by atoms with Crippen molar-refractivity contribution < 1.29 is 14.6 Å². The van der Waals surface area contributed by atoms with Crippen LogP contribution in [0.5, 0.6) is 0 Å². The summed E-state index contributed by atoms with van der Waals surface area (Å²) in [4.78, 5) is 14.0. The molecule has 1 unspecified atom stereocenters. The maximum absolute atomic E-state index is 11.6. The number of carbonyl (C=O) groups is 1. The Hall–Kier alpha value is -0.610. The number of carboxylic acid groups (broad SMARTS) is 1. The van der Waals surface area contributed by atoms with E-state index in [1.807, 2.05) is 0 Å². The molecule has 3 fully saturated rings. The van der Waals surface area contributed by atoms with Gasteiger partial charge in [-0.1, -0.05) is 0 Å². The summed E-state index contributed by atoms with van der Waals surface area (Å²) in [6.45, 7) is 3.90. The maximum Gasteiger partial charge on any atom is 0.313 e. The molecule has 4 nitrogen and oxygen atoms in total. The molecule has 0 aromatic heterocycles. The van der Waals surface area contributed by atoms with E-state index >= 15 is 0 Å². The molecule has 1 atom stereocenters. The summed E-state index contributed by atoms with van der Waals surface area (Å²) in [5, 5.41) is 9.51. The molecule has 4 heteroatoms. The lowest BCUT2D eigenvalue weighted by atomic mass is 9.86. The molecular formula is C14H23NO3. The highest BCUT2D eigenvalue weighted by Gasteiger charge is 2.45. The van der Waals surface area contributed by atoms with E-state index in [0.29, 0.717) is 26.2 Å². The Morgan fingerprint density at radius 2 is 1.83 bits per heavy atom. The number of nitrogens with zero attached hydrogens (tertiary/aromatic N) is 1. The minimum absolute atomic E-state index is 0.397. The molecule has 0 amide bonds. The second kappa shape index (κ2) is 4.82. The van der Waals surface area contributed by atoms with Crippen LogP contribution in [0.2, 0.25) is 0 Å². The lowest BCUT2D eigenvalue weighted by Gasteiger charge is -2.31. The average molecular weight is 253 g/mol. The number of ether oxygens (including phenoxy) is 1. The predicted octanol–water partition coefficient (Wildman–Crippen LogP) is 1.60. The molecule has 1 N–H and O–H groups in total. The number of hydrogen-bond donors (Lipinski definition) is 1. The zero-order valence-corrected chi connectivity index (χ0v) is 10.9. The van der Waals surface area contributed by atoms with E-state index in [2.05, 4.69) is 4.90 Å². The highest BCUT2D eigenvalue weighted by atomic mass is 16.5. The second-order valence-corrected chi connectivity index (χ2v) is 6.47. The molecule has 3 aliphatic rings. The Bertz CT molecular complexity index is 303. The van der Waals surface area contributed by atoms with Crippen LogP contribution in [0.4, 0.5) is 0 Å². The fourth-order valence-electron chi connectivity index (χ4n) is 2.93. The molecule has 2 aliphatic carbocycles. The smallest absolute Gasteiger partial charge is 0.313 e. The Morgan fingerprint density at radius 3 is 2.22 bits per heavy atom. The highest BCUT2D eigenvalue weighted by Crippen LogP contribution is 2.37. The zero-order chi connectivity index (χ0) is 12.6. The van der Waals surface area contributed by atoms with Crippen molar-refractivity contribution in [3.63, 3.8) is 0 Å². The molecule has 0 bridgehead atoms. The van der Waals surface area contributed by atoms with Gasteiger partial charge in [-0.25, -0.2) is 0 Å². The first-order valence-corrected chi connectivity index (χ1v) is 7.21. The minimum atomic E-state index is -0.670. The fraction of sp³-hybridized carbons (Fsp3) is 0.929. The molecule has 2 saturated carbocycles. The van der Waals surface area contributed by atoms with E-state index in [1.54, 1.807) is 0 Å². The van der Waals surface area contributed by atoms with E-state index in [0.717, 1.165) is 24.9 Å². The Kier molecular flexibility index (Phi) is 3.32. The molecular weight excluding hydrogens is 230 g/mol. The Morgan fingerprint density at radius 1 is 1.22 bits per heavy atom. The summed E-state index contributed by atoms with van der Waals surface area (Å²) in [5.74, 6) is 0.991. The van der Waals surface area contributed by atoms with E-state index in [4.69, 9.17) is 4.74 Å². The SMILES string of the molecule is O=C(O)C1(CN(CC2CC2)CC2CC2)CCOC1. The molecule has 1 saturated heterocycles. The molecule has 1 aliphatic heterocycles. The van der Waals surface area contributed by atoms with E-state index < -0.39 is 11.4 Å². The first-order chi connectivity index (χ1) is 8.68. The summed E-state index contributed by atoms with van der Waals surface area (Å²) >= 11 is 0. The lowest BCUT2D eigenvalue weighted by molar-refractivity contribution is -0.150. The fourth-order valence-corrected chi connectivity index (χ4v) is 2.93. The van der Waals surface area contributed by atoms with Gasteiger partial charge in [0.1, 0.15) is 5.41 Å². The lowest BCUT2D eigenvalue weighted by Crippen LogP contribution is -2.45. The van der Waals surface area contributed by atoms with Crippen molar-refractivity contribution in [2.45, 2.75) is 32.1 Å². The van der Waals surface area contributed by atoms with Crippen molar-refractivity contribution in [2.24, 2.45) is 17.3 Å². The number of aliphatic carboxylic acids is 1. The van der Waals surface area contributed by atoms with Crippen LogP contribution in [-0.4, -0.2) is 48.8 Å². The molecule has 0 radical (unpaired) electrons. The Balaban J connectivity index is 1.62. The van der Waals surface area contributed by atoms with E-state index in [9.17, 15) is 9.90 Å². The molecule has 102 valence electrons. The number of rotatable bonds is 7. The molecule has 0 aromatic carbocycles. The van der Waals surface area contributed by atoms with Gasteiger partial charge in [-0.15, -0.1) is 0 Å². The quantitative estimate of drug-likeness (QED) is 0.748. The normalized spacial score (nSPS) is 32.1. The van der Waals surface area contributed by atoms with Crippen LogP contribution < -0.4 is 0 Å². The van der Waals surface area contributed by atoms with Crippen LogP contribution in [0, 0.1) is 17.3 Å². The van der Waals surface area contributed by atoms with Gasteiger partial charge in [-0.3, -0.25) is 4.79 Å². The predicted molar refractivity (Wildman–Crippen MR) is 67.4 cm³/mol. The van der Waals surface area contributed by atoms with Gasteiger partial charge in [0, 0.05) is 26.2 Å². The van der Waals surface area contributed by atoms with Crippen LogP contribution in [0.25, 0.3) is 0 Å². The second-order valence-electron chi connectivity index (χ2n) is 6.47. The van der Waals surface area contributed by atoms with Crippen molar-refractivity contribution in [1.29, 1.82) is 0 Å². The minimum Gasteiger partial charge on any atom is -0.481 e. The standard InChI is InChI=1S/C14H23NO3/c16-13(17)14(5-6-18-10-14)9-15(7-11-1-2-11)8-12-3-4-12/h11-12H,1-10H2,(H,16,17). The first-order valence-electron chi connectivity index (χ1n) is 7.21. The number of carboxylic acids is 1. The van der Waals surface area contributed by atoms with Crippen molar-refractivity contribution in [1.82, 2.24) is 4.90 Å². The van der Waals surface area contributed by atoms with Gasteiger partial charge in [0.2, 0.25) is 0 Å². The van der Waals surface area contributed by atoms with Gasteiger partial charge in [0.15, 0.2) is 0 Å². The van der Waals surface area contributed by atoms with Gasteiger partial charge >= 0.3 is 5.97 Å². The van der Waals surface area contributed by atoms with E-state index in [-0.39, 0.29) is 0 Å². The summed E-state index contributed by atoms with van der Waals surface area (Å²) < 4.78 is 5.36. The zero-order valence-electron chi connectivity index (χ0n) is 10.9. The largest absolute Gasteiger partial charge is 0.481 e. The summed E-state index contributed by atoms with van der Waals surface area (Å²) in [7, 11) is 0. The summed E-state index contributed by atoms with van der Waals surface area (Å²) in [6.07, 6.45) is 6.00. The van der Waals surface area contributed by atoms with Crippen LogP contribution in [0.3, 0.4) is 0 Å².